The summed E-state index contributed by atoms with van der Waals surface area (Å²) < 4.78 is 15.2. The van der Waals surface area contributed by atoms with Crippen LogP contribution in [0.15, 0.2) is 24.5 Å². The zero-order valence-corrected chi connectivity index (χ0v) is 14.8. The first-order valence-corrected chi connectivity index (χ1v) is 8.72. The van der Waals surface area contributed by atoms with E-state index in [2.05, 4.69) is 24.9 Å². The number of aromatic nitrogens is 4. The Morgan fingerprint density at radius 2 is 1.88 bits per heavy atom. The van der Waals surface area contributed by atoms with Gasteiger partial charge in [0, 0.05) is 5.56 Å². The molecule has 0 saturated heterocycles. The molecule has 0 atom stereocenters. The van der Waals surface area contributed by atoms with E-state index < -0.39 is 0 Å². The van der Waals surface area contributed by atoms with E-state index in [4.69, 9.17) is 9.47 Å². The van der Waals surface area contributed by atoms with Crippen molar-refractivity contribution in [3.8, 4) is 22.8 Å². The van der Waals surface area contributed by atoms with E-state index in [9.17, 15) is 0 Å². The van der Waals surface area contributed by atoms with E-state index in [0.29, 0.717) is 25.6 Å². The highest BCUT2D eigenvalue weighted by atomic mass is 32.1. The molecular formula is C17H17N5O2S. The monoisotopic (exact) mass is 355 g/mol. The second-order valence-corrected chi connectivity index (χ2v) is 6.57. The molecule has 7 nitrogen and oxygen atoms in total. The lowest BCUT2D eigenvalue weighted by Crippen LogP contribution is -2.15. The maximum atomic E-state index is 5.66. The van der Waals surface area contributed by atoms with Crippen LogP contribution in [-0.2, 0) is 6.54 Å². The number of ether oxygens (including phenoxy) is 2. The molecule has 1 aromatic carbocycles. The molecule has 0 fully saturated rings. The van der Waals surface area contributed by atoms with Gasteiger partial charge in [0.1, 0.15) is 19.0 Å². The van der Waals surface area contributed by atoms with Gasteiger partial charge in [0.05, 0.1) is 35.2 Å². The van der Waals surface area contributed by atoms with Gasteiger partial charge in [-0.3, -0.25) is 4.98 Å². The van der Waals surface area contributed by atoms with Crippen molar-refractivity contribution < 1.29 is 9.47 Å². The number of anilines is 1. The first kappa shape index (κ1) is 15.8. The van der Waals surface area contributed by atoms with Crippen LogP contribution in [0.25, 0.3) is 11.3 Å². The van der Waals surface area contributed by atoms with Crippen molar-refractivity contribution in [3.05, 3.63) is 40.7 Å². The van der Waals surface area contributed by atoms with E-state index in [1.165, 1.54) is 11.5 Å². The molecule has 8 heteroatoms. The van der Waals surface area contributed by atoms with Crippen molar-refractivity contribution in [1.29, 1.82) is 0 Å². The first-order valence-electron chi connectivity index (χ1n) is 7.95. The second-order valence-electron chi connectivity index (χ2n) is 5.73. The Morgan fingerprint density at radius 1 is 1.08 bits per heavy atom. The fourth-order valence-electron chi connectivity index (χ4n) is 2.61. The number of benzene rings is 1. The van der Waals surface area contributed by atoms with Gasteiger partial charge in [0.2, 0.25) is 0 Å². The lowest BCUT2D eigenvalue weighted by molar-refractivity contribution is 0.171. The van der Waals surface area contributed by atoms with Gasteiger partial charge in [-0.2, -0.15) is 0 Å². The fourth-order valence-corrected chi connectivity index (χ4v) is 3.18. The molecule has 0 amide bonds. The minimum atomic E-state index is 0.565. The maximum absolute atomic E-state index is 5.66. The number of aryl methyl sites for hydroxylation is 2. The van der Waals surface area contributed by atoms with Crippen LogP contribution >= 0.6 is 11.5 Å². The lowest BCUT2D eigenvalue weighted by atomic mass is 10.0. The molecule has 128 valence electrons. The minimum Gasteiger partial charge on any atom is -0.486 e. The van der Waals surface area contributed by atoms with E-state index in [1.54, 1.807) is 12.4 Å². The van der Waals surface area contributed by atoms with Gasteiger partial charge in [0.25, 0.3) is 0 Å². The average molecular weight is 355 g/mol. The highest BCUT2D eigenvalue weighted by molar-refractivity contribution is 7.05. The molecule has 0 radical (unpaired) electrons. The van der Waals surface area contributed by atoms with E-state index >= 15 is 0 Å². The average Bonchev–Trinajstić information content (AvgIpc) is 3.05. The fraction of sp³-hybridized carbons (Fsp3) is 0.294. The molecule has 0 bridgehead atoms. The Kier molecular flexibility index (Phi) is 4.19. The molecule has 0 saturated carbocycles. The predicted molar refractivity (Wildman–Crippen MR) is 95.2 cm³/mol. The van der Waals surface area contributed by atoms with Crippen LogP contribution in [0.1, 0.15) is 16.1 Å². The summed E-state index contributed by atoms with van der Waals surface area (Å²) in [5, 5.41) is 7.24. The number of nitrogens with one attached hydrogen (secondary N) is 1. The van der Waals surface area contributed by atoms with Crippen molar-refractivity contribution in [1.82, 2.24) is 19.6 Å². The van der Waals surface area contributed by atoms with Crippen LogP contribution in [0.5, 0.6) is 11.5 Å². The SMILES string of the molecule is Cc1cc2c(cc1-c1cnc(NCc3snnc3C)cn1)OCCO2. The van der Waals surface area contributed by atoms with Gasteiger partial charge in [-0.15, -0.1) is 5.10 Å². The first-order chi connectivity index (χ1) is 12.2. The zero-order chi connectivity index (χ0) is 17.2. The molecule has 0 spiro atoms. The largest absolute Gasteiger partial charge is 0.486 e. The molecule has 1 N–H and O–H groups in total. The van der Waals surface area contributed by atoms with Crippen LogP contribution < -0.4 is 14.8 Å². The zero-order valence-electron chi connectivity index (χ0n) is 13.9. The lowest BCUT2D eigenvalue weighted by Gasteiger charge is -2.20. The van der Waals surface area contributed by atoms with Crippen molar-refractivity contribution in [3.63, 3.8) is 0 Å². The van der Waals surface area contributed by atoms with Crippen molar-refractivity contribution in [2.75, 3.05) is 18.5 Å². The molecule has 3 aromatic rings. The summed E-state index contributed by atoms with van der Waals surface area (Å²) in [6.45, 7) is 5.76. The van der Waals surface area contributed by atoms with Crippen molar-refractivity contribution in [2.45, 2.75) is 20.4 Å². The van der Waals surface area contributed by atoms with E-state index in [1.807, 2.05) is 26.0 Å². The van der Waals surface area contributed by atoms with E-state index in [0.717, 1.165) is 38.9 Å². The summed E-state index contributed by atoms with van der Waals surface area (Å²) >= 11 is 1.39. The summed E-state index contributed by atoms with van der Waals surface area (Å²) in [5.74, 6) is 2.25. The molecule has 25 heavy (non-hydrogen) atoms. The molecular weight excluding hydrogens is 338 g/mol. The third-order valence-electron chi connectivity index (χ3n) is 3.99. The van der Waals surface area contributed by atoms with Crippen LogP contribution in [0.4, 0.5) is 5.82 Å². The second kappa shape index (κ2) is 6.64. The van der Waals surface area contributed by atoms with Crippen LogP contribution in [0, 0.1) is 13.8 Å². The minimum absolute atomic E-state index is 0.565. The number of nitrogens with zero attached hydrogens (tertiary/aromatic N) is 4. The molecule has 0 unspecified atom stereocenters. The summed E-state index contributed by atoms with van der Waals surface area (Å²) in [5.41, 5.74) is 3.81. The summed E-state index contributed by atoms with van der Waals surface area (Å²) in [7, 11) is 0. The molecule has 2 aromatic heterocycles. The standard InChI is InChI=1S/C17H17N5O2S/c1-10-5-14-15(24-4-3-23-14)6-12(10)13-7-19-17(9-18-13)20-8-16-11(2)21-22-25-16/h5-7,9H,3-4,8H2,1-2H3,(H,19,20). The van der Waals surface area contributed by atoms with Gasteiger partial charge in [-0.1, -0.05) is 4.49 Å². The van der Waals surface area contributed by atoms with Gasteiger partial charge >= 0.3 is 0 Å². The summed E-state index contributed by atoms with van der Waals surface area (Å²) in [6, 6.07) is 3.95. The topological polar surface area (TPSA) is 82.1 Å². The number of fused-ring (bicyclic) bond motifs is 1. The van der Waals surface area contributed by atoms with E-state index in [-0.39, 0.29) is 0 Å². The molecule has 1 aliphatic rings. The molecule has 0 aliphatic carbocycles. The van der Waals surface area contributed by atoms with Gasteiger partial charge in [-0.05, 0) is 43.1 Å². The summed E-state index contributed by atoms with van der Waals surface area (Å²) in [4.78, 5) is 10.1. The third-order valence-corrected chi connectivity index (χ3v) is 4.82. The Morgan fingerprint density at radius 3 is 2.56 bits per heavy atom. The Balaban J connectivity index is 1.53. The predicted octanol–water partition coefficient (Wildman–Crippen LogP) is 3.00. The highest BCUT2D eigenvalue weighted by Gasteiger charge is 2.16. The van der Waals surface area contributed by atoms with Gasteiger partial charge in [0.15, 0.2) is 11.5 Å². The Bertz CT molecular complexity index is 895. The molecule has 4 rings (SSSR count). The number of hydrogen-bond donors (Lipinski definition) is 1. The van der Waals surface area contributed by atoms with Crippen molar-refractivity contribution >= 4 is 17.4 Å². The summed E-state index contributed by atoms with van der Waals surface area (Å²) in [6.07, 6.45) is 3.49. The van der Waals surface area contributed by atoms with Crippen LogP contribution in [0.2, 0.25) is 0 Å². The molecule has 3 heterocycles. The van der Waals surface area contributed by atoms with Gasteiger partial charge in [-0.25, -0.2) is 4.98 Å². The number of rotatable bonds is 4. The Hall–Kier alpha value is -2.74. The van der Waals surface area contributed by atoms with Gasteiger partial charge < -0.3 is 14.8 Å². The number of hydrogen-bond acceptors (Lipinski definition) is 8. The highest BCUT2D eigenvalue weighted by Crippen LogP contribution is 2.36. The smallest absolute Gasteiger partial charge is 0.162 e. The van der Waals surface area contributed by atoms with Crippen molar-refractivity contribution in [2.24, 2.45) is 0 Å². The van der Waals surface area contributed by atoms with Crippen LogP contribution in [0.3, 0.4) is 0 Å². The maximum Gasteiger partial charge on any atom is 0.162 e. The van der Waals surface area contributed by atoms with Crippen LogP contribution in [-0.4, -0.2) is 32.8 Å². The normalized spacial score (nSPS) is 12.9. The third kappa shape index (κ3) is 3.25. The molecule has 1 aliphatic heterocycles. The Labute approximate surface area is 149 Å². The quantitative estimate of drug-likeness (QED) is 0.770.